The summed E-state index contributed by atoms with van der Waals surface area (Å²) in [6, 6.07) is 11.9. The second-order valence-corrected chi connectivity index (χ2v) is 9.61. The van der Waals surface area contributed by atoms with Gasteiger partial charge in [0.25, 0.3) is 17.7 Å². The number of ether oxygens (including phenoxy) is 1. The predicted molar refractivity (Wildman–Crippen MR) is 127 cm³/mol. The van der Waals surface area contributed by atoms with Crippen molar-refractivity contribution in [1.29, 1.82) is 0 Å². The summed E-state index contributed by atoms with van der Waals surface area (Å²) in [6.07, 6.45) is 6.37. The lowest BCUT2D eigenvalue weighted by Crippen LogP contribution is -2.28. The molecule has 5 rings (SSSR count). The highest BCUT2D eigenvalue weighted by Crippen LogP contribution is 2.52. The van der Waals surface area contributed by atoms with Gasteiger partial charge in [-0.3, -0.25) is 14.4 Å². The van der Waals surface area contributed by atoms with E-state index in [9.17, 15) is 14.4 Å². The number of rotatable bonds is 6. The number of imide groups is 1. The maximum absolute atomic E-state index is 12.8. The van der Waals surface area contributed by atoms with Crippen LogP contribution in [-0.4, -0.2) is 35.6 Å². The normalized spacial score (nSPS) is 25.2. The molecule has 1 saturated carbocycles. The van der Waals surface area contributed by atoms with Gasteiger partial charge in [-0.1, -0.05) is 39.7 Å². The van der Waals surface area contributed by atoms with Crippen molar-refractivity contribution in [3.63, 3.8) is 0 Å². The van der Waals surface area contributed by atoms with Crippen LogP contribution in [0.3, 0.4) is 0 Å². The van der Waals surface area contributed by atoms with Gasteiger partial charge in [0.2, 0.25) is 0 Å². The fraction of sp³-hybridized carbons (Fsp3) is 0.250. The molecule has 0 aromatic heterocycles. The molecule has 2 aromatic carbocycles. The van der Waals surface area contributed by atoms with Crippen LogP contribution in [-0.2, 0) is 14.4 Å². The molecule has 0 radical (unpaired) electrons. The second-order valence-electron chi connectivity index (χ2n) is 8.26. The first-order valence-corrected chi connectivity index (χ1v) is 11.7. The van der Waals surface area contributed by atoms with E-state index in [1.807, 2.05) is 12.2 Å². The molecule has 0 spiro atoms. The molecular weight excluding hydrogens is 510 g/mol. The van der Waals surface area contributed by atoms with E-state index in [1.165, 1.54) is 6.21 Å². The topological polar surface area (TPSA) is 88.1 Å². The van der Waals surface area contributed by atoms with Gasteiger partial charge in [0.05, 0.1) is 18.1 Å². The van der Waals surface area contributed by atoms with E-state index >= 15 is 0 Å². The molecule has 2 aromatic rings. The van der Waals surface area contributed by atoms with Gasteiger partial charge in [-0.05, 0) is 60.7 Å². The Kier molecular flexibility index (Phi) is 5.80. The van der Waals surface area contributed by atoms with Gasteiger partial charge in [0.15, 0.2) is 6.61 Å². The molecule has 1 heterocycles. The molecular formula is C24H19BrClN3O4. The molecule has 33 heavy (non-hydrogen) atoms. The summed E-state index contributed by atoms with van der Waals surface area (Å²) in [6.45, 7) is -0.230. The lowest BCUT2D eigenvalue weighted by atomic mass is 9.85. The Morgan fingerprint density at radius 1 is 1.12 bits per heavy atom. The Hall–Kier alpha value is -2.97. The van der Waals surface area contributed by atoms with Crippen molar-refractivity contribution in [1.82, 2.24) is 5.01 Å². The Balaban J connectivity index is 1.27. The van der Waals surface area contributed by atoms with Gasteiger partial charge in [0, 0.05) is 20.7 Å². The number of carbonyl (C=O) groups excluding carboxylic acids is 3. The van der Waals surface area contributed by atoms with Crippen LogP contribution in [0.2, 0.25) is 5.02 Å². The van der Waals surface area contributed by atoms with E-state index in [-0.39, 0.29) is 48.0 Å². The molecule has 168 valence electrons. The first-order chi connectivity index (χ1) is 15.9. The van der Waals surface area contributed by atoms with Crippen LogP contribution < -0.4 is 10.1 Å². The summed E-state index contributed by atoms with van der Waals surface area (Å²) >= 11 is 9.26. The number of hydrazone groups is 1. The zero-order chi connectivity index (χ0) is 23.1. The van der Waals surface area contributed by atoms with Crippen LogP contribution in [0.15, 0.2) is 64.2 Å². The number of carbonyl (C=O) groups is 3. The molecule has 0 unspecified atom stereocenters. The van der Waals surface area contributed by atoms with Gasteiger partial charge in [0.1, 0.15) is 5.75 Å². The van der Waals surface area contributed by atoms with Crippen molar-refractivity contribution in [2.75, 3.05) is 11.9 Å². The van der Waals surface area contributed by atoms with Gasteiger partial charge in [-0.2, -0.15) is 10.1 Å². The van der Waals surface area contributed by atoms with Crippen molar-refractivity contribution >= 4 is 57.2 Å². The number of hydrogen-bond acceptors (Lipinski definition) is 5. The number of allylic oxidation sites excluding steroid dienone is 2. The van der Waals surface area contributed by atoms with Crippen LogP contribution in [0.4, 0.5) is 5.69 Å². The number of fused-ring (bicyclic) bond motifs is 5. The maximum Gasteiger partial charge on any atom is 0.262 e. The van der Waals surface area contributed by atoms with Crippen LogP contribution >= 0.6 is 27.5 Å². The Bertz CT molecular complexity index is 1170. The molecule has 2 fully saturated rings. The third-order valence-electron chi connectivity index (χ3n) is 6.22. The van der Waals surface area contributed by atoms with Crippen LogP contribution in [0, 0.1) is 23.7 Å². The molecule has 3 amide bonds. The van der Waals surface area contributed by atoms with Crippen LogP contribution in [0.25, 0.3) is 0 Å². The summed E-state index contributed by atoms with van der Waals surface area (Å²) in [5, 5.41) is 8.49. The first-order valence-electron chi connectivity index (χ1n) is 10.5. The summed E-state index contributed by atoms with van der Waals surface area (Å²) in [4.78, 5) is 37.9. The predicted octanol–water partition coefficient (Wildman–Crippen LogP) is 4.26. The van der Waals surface area contributed by atoms with E-state index < -0.39 is 0 Å². The summed E-state index contributed by atoms with van der Waals surface area (Å²) in [5.74, 6) is -0.811. The SMILES string of the molecule is O=C(COc1ccc(Br)cc1C=NN1C(=O)[C@@H]2[C@H](C1=O)[C@H]1C=C[C@H]2C1)Nc1ccc(Cl)cc1. The third-order valence-corrected chi connectivity index (χ3v) is 6.96. The van der Waals surface area contributed by atoms with E-state index in [0.717, 1.165) is 15.9 Å². The van der Waals surface area contributed by atoms with Crippen molar-refractivity contribution in [3.8, 4) is 5.75 Å². The smallest absolute Gasteiger partial charge is 0.262 e. The van der Waals surface area contributed by atoms with Crippen molar-refractivity contribution < 1.29 is 19.1 Å². The number of nitrogens with one attached hydrogen (secondary N) is 1. The Morgan fingerprint density at radius 3 is 2.45 bits per heavy atom. The fourth-order valence-corrected chi connectivity index (χ4v) is 5.25. The van der Waals surface area contributed by atoms with Crippen molar-refractivity contribution in [3.05, 3.63) is 69.7 Å². The van der Waals surface area contributed by atoms with E-state index in [2.05, 4.69) is 26.3 Å². The van der Waals surface area contributed by atoms with Crippen LogP contribution in [0.1, 0.15) is 12.0 Å². The molecule has 1 N–H and O–H groups in total. The average molecular weight is 529 g/mol. The molecule has 4 atom stereocenters. The first kappa shape index (κ1) is 21.9. The van der Waals surface area contributed by atoms with Crippen molar-refractivity contribution in [2.24, 2.45) is 28.8 Å². The Labute approximate surface area is 203 Å². The molecule has 2 aliphatic carbocycles. The maximum atomic E-state index is 12.8. The number of nitrogens with zero attached hydrogens (tertiary/aromatic N) is 2. The highest BCUT2D eigenvalue weighted by molar-refractivity contribution is 9.10. The number of amides is 3. The fourth-order valence-electron chi connectivity index (χ4n) is 4.75. The van der Waals surface area contributed by atoms with Crippen LogP contribution in [0.5, 0.6) is 5.75 Å². The summed E-state index contributed by atoms with van der Waals surface area (Å²) in [5.41, 5.74) is 1.13. The zero-order valence-electron chi connectivity index (χ0n) is 17.3. The molecule has 7 nitrogen and oxygen atoms in total. The minimum absolute atomic E-state index is 0.126. The third kappa shape index (κ3) is 4.20. The summed E-state index contributed by atoms with van der Waals surface area (Å²) in [7, 11) is 0. The van der Waals surface area contributed by atoms with E-state index in [0.29, 0.717) is 22.0 Å². The lowest BCUT2D eigenvalue weighted by molar-refractivity contribution is -0.140. The average Bonchev–Trinajstić information content (AvgIpc) is 3.47. The molecule has 1 saturated heterocycles. The summed E-state index contributed by atoms with van der Waals surface area (Å²) < 4.78 is 6.45. The Morgan fingerprint density at radius 2 is 1.79 bits per heavy atom. The molecule has 2 bridgehead atoms. The van der Waals surface area contributed by atoms with E-state index in [1.54, 1.807) is 42.5 Å². The minimum atomic E-state index is -0.344. The number of benzene rings is 2. The van der Waals surface area contributed by atoms with Gasteiger partial charge >= 0.3 is 0 Å². The second kappa shape index (κ2) is 8.76. The van der Waals surface area contributed by atoms with Gasteiger partial charge in [-0.25, -0.2) is 0 Å². The number of halogens is 2. The van der Waals surface area contributed by atoms with Crippen molar-refractivity contribution in [2.45, 2.75) is 6.42 Å². The lowest BCUT2D eigenvalue weighted by Gasteiger charge is -2.13. The number of hydrogen-bond donors (Lipinski definition) is 1. The van der Waals surface area contributed by atoms with E-state index in [4.69, 9.17) is 16.3 Å². The largest absolute Gasteiger partial charge is 0.483 e. The van der Waals surface area contributed by atoms with Gasteiger partial charge < -0.3 is 10.1 Å². The number of anilines is 1. The molecule has 3 aliphatic rings. The zero-order valence-corrected chi connectivity index (χ0v) is 19.6. The molecule has 9 heteroatoms. The minimum Gasteiger partial charge on any atom is -0.483 e. The quantitative estimate of drug-likeness (QED) is 0.345. The highest BCUT2D eigenvalue weighted by atomic mass is 79.9. The van der Waals surface area contributed by atoms with Gasteiger partial charge in [-0.15, -0.1) is 0 Å². The molecule has 1 aliphatic heterocycles. The highest BCUT2D eigenvalue weighted by Gasteiger charge is 2.59. The standard InChI is InChI=1S/C24H19BrClN3O4/c25-16-3-8-19(33-12-20(30)28-18-6-4-17(26)5-7-18)15(10-16)11-27-29-23(31)21-13-1-2-14(9-13)22(21)24(29)32/h1-8,10-11,13-14,21-22H,9,12H2,(H,28,30)/t13-,14-,21-,22+/m0/s1. The monoisotopic (exact) mass is 527 g/mol.